The van der Waals surface area contributed by atoms with Gasteiger partial charge in [0.25, 0.3) is 0 Å². The van der Waals surface area contributed by atoms with E-state index in [9.17, 15) is 0 Å². The highest BCUT2D eigenvalue weighted by atomic mass is 32.3. The summed E-state index contributed by atoms with van der Waals surface area (Å²) in [5, 5.41) is 0.836. The molecule has 0 aromatic heterocycles. The van der Waals surface area contributed by atoms with Gasteiger partial charge in [-0.3, -0.25) is 0 Å². The molecule has 2 heteroatoms. The number of hydrogen-bond donors (Lipinski definition) is 0. The van der Waals surface area contributed by atoms with Gasteiger partial charge in [0.15, 0.2) is 0 Å². The number of fused-ring (bicyclic) bond motifs is 2. The summed E-state index contributed by atoms with van der Waals surface area (Å²) in [6.45, 7) is 2.98. The van der Waals surface area contributed by atoms with Crippen molar-refractivity contribution >= 4 is 10.3 Å². The van der Waals surface area contributed by atoms with Crippen molar-refractivity contribution in [2.75, 3.05) is 19.1 Å². The Morgan fingerprint density at radius 2 is 2.08 bits per heavy atom. The second-order valence-electron chi connectivity index (χ2n) is 4.53. The van der Waals surface area contributed by atoms with Crippen LogP contribution in [0.25, 0.3) is 0 Å². The third kappa shape index (κ3) is 1.66. The fraction of sp³-hybridized carbons (Fsp3) is 0.818. The first-order valence-electron chi connectivity index (χ1n) is 5.18. The van der Waals surface area contributed by atoms with Gasteiger partial charge in [0.2, 0.25) is 0 Å². The predicted molar refractivity (Wildman–Crippen MR) is 60.2 cm³/mol. The van der Waals surface area contributed by atoms with Crippen molar-refractivity contribution in [2.45, 2.75) is 25.0 Å². The van der Waals surface area contributed by atoms with Crippen LogP contribution in [-0.2, 0) is 4.18 Å². The van der Waals surface area contributed by atoms with Crippen LogP contribution in [0.15, 0.2) is 12.2 Å². The summed E-state index contributed by atoms with van der Waals surface area (Å²) in [6.07, 6.45) is 12.3. The average molecular weight is 200 g/mol. The summed E-state index contributed by atoms with van der Waals surface area (Å²) in [7, 11) is -0.792. The second-order valence-corrected chi connectivity index (χ2v) is 7.99. The predicted octanol–water partition coefficient (Wildman–Crippen LogP) is 2.97. The molecule has 1 saturated carbocycles. The molecule has 2 rings (SSSR count). The molecule has 0 aromatic carbocycles. The zero-order valence-corrected chi connectivity index (χ0v) is 9.64. The Morgan fingerprint density at radius 3 is 2.54 bits per heavy atom. The maximum Gasteiger partial charge on any atom is 0.0564 e. The van der Waals surface area contributed by atoms with E-state index in [4.69, 9.17) is 4.18 Å². The topological polar surface area (TPSA) is 9.23 Å². The Hall–Kier alpha value is 0.0500. The average Bonchev–Trinajstić information content (AvgIpc) is 2.63. The normalized spacial score (nSPS) is 38.5. The van der Waals surface area contributed by atoms with Crippen LogP contribution < -0.4 is 0 Å². The van der Waals surface area contributed by atoms with Gasteiger partial charge < -0.3 is 4.18 Å². The molecule has 2 aliphatic carbocycles. The van der Waals surface area contributed by atoms with Gasteiger partial charge in [-0.1, -0.05) is 12.2 Å². The third-order valence-corrected chi connectivity index (χ3v) is 6.21. The van der Waals surface area contributed by atoms with E-state index in [1.165, 1.54) is 12.8 Å². The van der Waals surface area contributed by atoms with E-state index in [0.717, 1.165) is 23.7 Å². The zero-order valence-electron chi connectivity index (χ0n) is 8.82. The van der Waals surface area contributed by atoms with Crippen molar-refractivity contribution in [1.29, 1.82) is 0 Å². The molecular formula is C11H20OS. The Morgan fingerprint density at radius 1 is 1.31 bits per heavy atom. The summed E-state index contributed by atoms with van der Waals surface area (Å²) >= 11 is 0. The Kier molecular flexibility index (Phi) is 2.45. The zero-order chi connectivity index (χ0) is 9.47. The number of allylic oxidation sites excluding steroid dienone is 2. The summed E-state index contributed by atoms with van der Waals surface area (Å²) in [4.78, 5) is 0. The molecule has 1 fully saturated rings. The molecule has 2 aliphatic rings. The van der Waals surface area contributed by atoms with Gasteiger partial charge in [-0.2, -0.15) is 0 Å². The van der Waals surface area contributed by atoms with E-state index in [0.29, 0.717) is 0 Å². The summed E-state index contributed by atoms with van der Waals surface area (Å²) in [5.41, 5.74) is 0. The first-order chi connectivity index (χ1) is 6.13. The molecule has 3 unspecified atom stereocenters. The molecule has 0 aliphatic heterocycles. The van der Waals surface area contributed by atoms with Gasteiger partial charge in [-0.25, -0.2) is 0 Å². The lowest BCUT2D eigenvalue weighted by Gasteiger charge is -2.40. The van der Waals surface area contributed by atoms with Crippen molar-refractivity contribution in [2.24, 2.45) is 11.8 Å². The van der Waals surface area contributed by atoms with Crippen LogP contribution >= 0.6 is 10.3 Å². The van der Waals surface area contributed by atoms with E-state index in [-0.39, 0.29) is 0 Å². The monoisotopic (exact) mass is 200 g/mol. The van der Waals surface area contributed by atoms with Gasteiger partial charge in [0.1, 0.15) is 0 Å². The third-order valence-electron chi connectivity index (χ3n) is 3.37. The highest BCUT2D eigenvalue weighted by Gasteiger charge is 2.42. The first-order valence-corrected chi connectivity index (χ1v) is 7.62. The van der Waals surface area contributed by atoms with Gasteiger partial charge in [-0.05, 0) is 44.1 Å². The highest BCUT2D eigenvalue weighted by molar-refractivity contribution is 8.29. The molecule has 0 spiro atoms. The summed E-state index contributed by atoms with van der Waals surface area (Å²) in [6, 6.07) is 0. The number of rotatable bonds is 3. The van der Waals surface area contributed by atoms with Crippen LogP contribution in [0.2, 0.25) is 0 Å². The minimum Gasteiger partial charge on any atom is -0.337 e. The van der Waals surface area contributed by atoms with Crippen LogP contribution in [0.5, 0.6) is 0 Å². The van der Waals surface area contributed by atoms with Crippen molar-refractivity contribution in [3.63, 3.8) is 0 Å². The highest BCUT2D eigenvalue weighted by Crippen LogP contribution is 2.58. The van der Waals surface area contributed by atoms with Crippen LogP contribution in [0.1, 0.15) is 19.8 Å². The fourth-order valence-electron chi connectivity index (χ4n) is 2.77. The molecule has 0 radical (unpaired) electrons. The van der Waals surface area contributed by atoms with Crippen molar-refractivity contribution in [1.82, 2.24) is 0 Å². The lowest BCUT2D eigenvalue weighted by Crippen LogP contribution is -2.23. The van der Waals surface area contributed by atoms with Crippen molar-refractivity contribution < 1.29 is 4.18 Å². The lowest BCUT2D eigenvalue weighted by atomic mass is 10.1. The van der Waals surface area contributed by atoms with Gasteiger partial charge in [0.05, 0.1) is 6.61 Å². The van der Waals surface area contributed by atoms with Crippen molar-refractivity contribution in [3.05, 3.63) is 12.2 Å². The lowest BCUT2D eigenvalue weighted by molar-refractivity contribution is 0.377. The molecule has 2 bridgehead atoms. The molecule has 0 heterocycles. The molecule has 3 atom stereocenters. The molecule has 13 heavy (non-hydrogen) atoms. The molecular weight excluding hydrogens is 180 g/mol. The Bertz CT molecular complexity index is 222. The molecule has 0 saturated heterocycles. The van der Waals surface area contributed by atoms with Crippen molar-refractivity contribution in [3.8, 4) is 0 Å². The summed E-state index contributed by atoms with van der Waals surface area (Å²) < 4.78 is 5.92. The van der Waals surface area contributed by atoms with E-state index >= 15 is 0 Å². The van der Waals surface area contributed by atoms with Crippen LogP contribution in [0, 0.1) is 11.8 Å². The van der Waals surface area contributed by atoms with E-state index in [2.05, 4.69) is 31.6 Å². The van der Waals surface area contributed by atoms with E-state index < -0.39 is 10.3 Å². The Labute approximate surface area is 83.1 Å². The van der Waals surface area contributed by atoms with E-state index in [1.54, 1.807) is 0 Å². The van der Waals surface area contributed by atoms with Crippen LogP contribution in [0.4, 0.5) is 0 Å². The minimum atomic E-state index is -0.792. The Balaban J connectivity index is 2.05. The smallest absolute Gasteiger partial charge is 0.0564 e. The fourth-order valence-corrected chi connectivity index (χ4v) is 5.31. The molecule has 1 nitrogen and oxygen atoms in total. The maximum absolute atomic E-state index is 5.92. The molecule has 0 N–H and O–H groups in total. The SMILES string of the molecule is CCOS(C)(C)C1CC2C=CC1C2. The van der Waals surface area contributed by atoms with Gasteiger partial charge in [0, 0.05) is 5.25 Å². The minimum absolute atomic E-state index is 0.792. The second kappa shape index (κ2) is 3.32. The van der Waals surface area contributed by atoms with Gasteiger partial charge in [-0.15, -0.1) is 10.3 Å². The quantitative estimate of drug-likeness (QED) is 0.636. The molecule has 0 amide bonds. The number of hydrogen-bond acceptors (Lipinski definition) is 1. The first kappa shape index (κ1) is 9.60. The summed E-state index contributed by atoms with van der Waals surface area (Å²) in [5.74, 6) is 1.71. The maximum atomic E-state index is 5.92. The van der Waals surface area contributed by atoms with Crippen LogP contribution in [0.3, 0.4) is 0 Å². The molecule has 76 valence electrons. The largest absolute Gasteiger partial charge is 0.337 e. The van der Waals surface area contributed by atoms with Gasteiger partial charge >= 0.3 is 0 Å². The van der Waals surface area contributed by atoms with E-state index in [1.807, 2.05) is 0 Å². The standard InChI is InChI=1S/C11H20OS/c1-4-12-13(2,3)11-8-9-5-6-10(11)7-9/h5-6,9-11H,4,7-8H2,1-3H3. The molecule has 0 aromatic rings. The van der Waals surface area contributed by atoms with Crippen LogP contribution in [-0.4, -0.2) is 24.4 Å².